The van der Waals surface area contributed by atoms with Gasteiger partial charge in [0.05, 0.1) is 6.10 Å². The third-order valence-electron chi connectivity index (χ3n) is 1.57. The van der Waals surface area contributed by atoms with Crippen LogP contribution >= 0.6 is 0 Å². The first-order valence-corrected chi connectivity index (χ1v) is 3.68. The average Bonchev–Trinajstić information content (AvgIpc) is 2.48. The van der Waals surface area contributed by atoms with Gasteiger partial charge in [0, 0.05) is 6.54 Å². The second-order valence-corrected chi connectivity index (χ2v) is 2.95. The van der Waals surface area contributed by atoms with Crippen molar-refractivity contribution in [1.29, 1.82) is 0 Å². The predicted octanol–water partition coefficient (Wildman–Crippen LogP) is 0.367. The molecule has 9 heavy (non-hydrogen) atoms. The minimum absolute atomic E-state index is 0.191. The number of nitrogens with one attached hydrogen (secondary N) is 1. The third-order valence-corrected chi connectivity index (χ3v) is 1.57. The van der Waals surface area contributed by atoms with E-state index in [1.807, 2.05) is 0 Å². The first-order chi connectivity index (χ1) is 4.29. The van der Waals surface area contributed by atoms with Crippen LogP contribution in [-0.4, -0.2) is 24.3 Å². The minimum Gasteiger partial charge on any atom is -0.392 e. The van der Waals surface area contributed by atoms with Crippen LogP contribution in [0.3, 0.4) is 0 Å². The number of hydrogen-bond acceptors (Lipinski definition) is 2. The maximum Gasteiger partial charge on any atom is 0.0636 e. The lowest BCUT2D eigenvalue weighted by atomic mass is 10.3. The summed E-state index contributed by atoms with van der Waals surface area (Å²) in [6.45, 7) is 3.65. The van der Waals surface area contributed by atoms with E-state index in [9.17, 15) is 0 Å². The fraction of sp³-hybridized carbons (Fsp3) is 1.00. The molecule has 2 N–H and O–H groups in total. The zero-order valence-corrected chi connectivity index (χ0v) is 5.93. The van der Waals surface area contributed by atoms with Gasteiger partial charge >= 0.3 is 0 Å². The van der Waals surface area contributed by atoms with Crippen molar-refractivity contribution in [1.82, 2.24) is 5.32 Å². The maximum atomic E-state index is 8.82. The predicted molar refractivity (Wildman–Crippen MR) is 37.3 cm³/mol. The van der Waals surface area contributed by atoms with Crippen LogP contribution in [0.4, 0.5) is 0 Å². The van der Waals surface area contributed by atoms with Gasteiger partial charge in [0.15, 0.2) is 0 Å². The molecule has 0 unspecified atom stereocenters. The maximum absolute atomic E-state index is 8.82. The fourth-order valence-electron chi connectivity index (χ4n) is 0.818. The molecule has 0 aromatic carbocycles. The van der Waals surface area contributed by atoms with E-state index >= 15 is 0 Å². The van der Waals surface area contributed by atoms with E-state index in [0.717, 1.165) is 19.0 Å². The Morgan fingerprint density at radius 3 is 2.78 bits per heavy atom. The Balaban J connectivity index is 1.81. The Labute approximate surface area is 56.3 Å². The zero-order chi connectivity index (χ0) is 6.69. The highest BCUT2D eigenvalue weighted by molar-refractivity contribution is 4.75. The van der Waals surface area contributed by atoms with Gasteiger partial charge in [-0.2, -0.15) is 0 Å². The van der Waals surface area contributed by atoms with Gasteiger partial charge in [-0.05, 0) is 32.2 Å². The standard InChI is InChI=1S/C7H15NO/c1-6(9)4-8-5-7-2-3-7/h6-9H,2-5H2,1H3/t6-/m1/s1. The van der Waals surface area contributed by atoms with Crippen LogP contribution in [0.5, 0.6) is 0 Å². The highest BCUT2D eigenvalue weighted by Crippen LogP contribution is 2.27. The molecule has 1 aliphatic carbocycles. The van der Waals surface area contributed by atoms with Crippen LogP contribution in [0, 0.1) is 5.92 Å². The Bertz CT molecular complexity index is 77.0. The van der Waals surface area contributed by atoms with E-state index in [-0.39, 0.29) is 6.10 Å². The topological polar surface area (TPSA) is 32.3 Å². The lowest BCUT2D eigenvalue weighted by Gasteiger charge is -2.04. The van der Waals surface area contributed by atoms with Gasteiger partial charge in [0.2, 0.25) is 0 Å². The van der Waals surface area contributed by atoms with Crippen molar-refractivity contribution in [3.8, 4) is 0 Å². The zero-order valence-electron chi connectivity index (χ0n) is 5.93. The number of aliphatic hydroxyl groups excluding tert-OH is 1. The molecule has 0 spiro atoms. The molecule has 1 aliphatic rings. The van der Waals surface area contributed by atoms with Crippen molar-refractivity contribution in [2.24, 2.45) is 5.92 Å². The Morgan fingerprint density at radius 1 is 1.67 bits per heavy atom. The van der Waals surface area contributed by atoms with Gasteiger partial charge in [-0.3, -0.25) is 0 Å². The van der Waals surface area contributed by atoms with E-state index < -0.39 is 0 Å². The molecule has 2 nitrogen and oxygen atoms in total. The fourth-order valence-corrected chi connectivity index (χ4v) is 0.818. The molecule has 0 bridgehead atoms. The highest BCUT2D eigenvalue weighted by Gasteiger charge is 2.20. The van der Waals surface area contributed by atoms with Gasteiger partial charge in [0.1, 0.15) is 0 Å². The van der Waals surface area contributed by atoms with E-state index in [0.29, 0.717) is 0 Å². The first kappa shape index (κ1) is 7.03. The molecule has 0 heterocycles. The van der Waals surface area contributed by atoms with Crippen molar-refractivity contribution in [3.05, 3.63) is 0 Å². The summed E-state index contributed by atoms with van der Waals surface area (Å²) in [5, 5.41) is 12.0. The van der Waals surface area contributed by atoms with Crippen molar-refractivity contribution < 1.29 is 5.11 Å². The Morgan fingerprint density at radius 2 is 2.33 bits per heavy atom. The van der Waals surface area contributed by atoms with Crippen LogP contribution in [0.2, 0.25) is 0 Å². The molecule has 1 rings (SSSR count). The number of hydrogen-bond donors (Lipinski definition) is 2. The van der Waals surface area contributed by atoms with Crippen molar-refractivity contribution in [3.63, 3.8) is 0 Å². The lowest BCUT2D eigenvalue weighted by molar-refractivity contribution is 0.191. The van der Waals surface area contributed by atoms with Gasteiger partial charge < -0.3 is 10.4 Å². The molecular weight excluding hydrogens is 114 g/mol. The summed E-state index contributed by atoms with van der Waals surface area (Å²) < 4.78 is 0. The molecule has 0 amide bonds. The van der Waals surface area contributed by atoms with Crippen LogP contribution in [-0.2, 0) is 0 Å². The van der Waals surface area contributed by atoms with Gasteiger partial charge in [-0.15, -0.1) is 0 Å². The summed E-state index contributed by atoms with van der Waals surface area (Å²) in [5.74, 6) is 0.920. The summed E-state index contributed by atoms with van der Waals surface area (Å²) in [4.78, 5) is 0. The molecular formula is C7H15NO. The van der Waals surface area contributed by atoms with Crippen molar-refractivity contribution in [2.45, 2.75) is 25.9 Å². The van der Waals surface area contributed by atoms with E-state index in [4.69, 9.17) is 5.11 Å². The molecule has 0 radical (unpaired) electrons. The van der Waals surface area contributed by atoms with Gasteiger partial charge in [-0.25, -0.2) is 0 Å². The van der Waals surface area contributed by atoms with E-state index in [2.05, 4.69) is 5.32 Å². The summed E-state index contributed by atoms with van der Waals surface area (Å²) in [7, 11) is 0. The second-order valence-electron chi connectivity index (χ2n) is 2.95. The monoisotopic (exact) mass is 129 g/mol. The third kappa shape index (κ3) is 3.49. The SMILES string of the molecule is C[C@@H](O)CNCC1CC1. The first-order valence-electron chi connectivity index (χ1n) is 3.68. The normalized spacial score (nSPS) is 22.0. The molecule has 0 aromatic heterocycles. The molecule has 0 aliphatic heterocycles. The highest BCUT2D eigenvalue weighted by atomic mass is 16.3. The summed E-state index contributed by atoms with van der Waals surface area (Å²) in [5.41, 5.74) is 0. The summed E-state index contributed by atoms with van der Waals surface area (Å²) >= 11 is 0. The van der Waals surface area contributed by atoms with Crippen molar-refractivity contribution in [2.75, 3.05) is 13.1 Å². The summed E-state index contributed by atoms with van der Waals surface area (Å²) in [6, 6.07) is 0. The quantitative estimate of drug-likeness (QED) is 0.574. The van der Waals surface area contributed by atoms with E-state index in [1.54, 1.807) is 6.92 Å². The van der Waals surface area contributed by atoms with E-state index in [1.165, 1.54) is 12.8 Å². The van der Waals surface area contributed by atoms with Crippen LogP contribution in [0.1, 0.15) is 19.8 Å². The largest absolute Gasteiger partial charge is 0.392 e. The molecule has 1 atom stereocenters. The van der Waals surface area contributed by atoms with Crippen LogP contribution < -0.4 is 5.32 Å². The smallest absolute Gasteiger partial charge is 0.0636 e. The average molecular weight is 129 g/mol. The van der Waals surface area contributed by atoms with Crippen molar-refractivity contribution >= 4 is 0 Å². The molecule has 0 saturated heterocycles. The second kappa shape index (κ2) is 3.18. The molecule has 1 saturated carbocycles. The molecule has 2 heteroatoms. The lowest BCUT2D eigenvalue weighted by Crippen LogP contribution is -2.26. The Hall–Kier alpha value is -0.0800. The molecule has 1 fully saturated rings. The van der Waals surface area contributed by atoms with Gasteiger partial charge in [-0.1, -0.05) is 0 Å². The van der Waals surface area contributed by atoms with Crippen LogP contribution in [0.15, 0.2) is 0 Å². The van der Waals surface area contributed by atoms with Crippen LogP contribution in [0.25, 0.3) is 0 Å². The Kier molecular flexibility index (Phi) is 2.49. The number of aliphatic hydroxyl groups is 1. The minimum atomic E-state index is -0.191. The summed E-state index contributed by atoms with van der Waals surface area (Å²) in [6.07, 6.45) is 2.57. The molecule has 54 valence electrons. The molecule has 0 aromatic rings. The number of rotatable bonds is 4. The van der Waals surface area contributed by atoms with Gasteiger partial charge in [0.25, 0.3) is 0 Å².